The maximum absolute atomic E-state index is 14.4. The van der Waals surface area contributed by atoms with E-state index in [1.54, 1.807) is 41.2 Å². The topological polar surface area (TPSA) is 385 Å². The lowest BCUT2D eigenvalue weighted by Crippen LogP contribution is -2.71. The summed E-state index contributed by atoms with van der Waals surface area (Å²) in [5.41, 5.74) is 4.78. The third-order valence-corrected chi connectivity index (χ3v) is 18.4. The fraction of sp³-hybridized carbons (Fsp3) is 0.438. The van der Waals surface area contributed by atoms with Gasteiger partial charge in [0.25, 0.3) is 11.8 Å². The number of nitrogens with two attached hydrogens (primary N) is 1. The zero-order valence-corrected chi connectivity index (χ0v) is 46.0. The van der Waals surface area contributed by atoms with Crippen molar-refractivity contribution in [3.05, 3.63) is 89.3 Å². The predicted octanol–water partition coefficient (Wildman–Crippen LogP) is -1.70. The van der Waals surface area contributed by atoms with Crippen molar-refractivity contribution in [2.45, 2.75) is 86.5 Å². The van der Waals surface area contributed by atoms with Crippen LogP contribution in [0.3, 0.4) is 0 Å². The molecule has 0 bridgehead atoms. The zero-order chi connectivity index (χ0) is 58.7. The quantitative estimate of drug-likeness (QED) is 0.0361. The molecule has 1 aromatic carbocycles. The molecule has 6 N–H and O–H groups in total. The second-order valence-corrected chi connectivity index (χ2v) is 24.1. The van der Waals surface area contributed by atoms with Gasteiger partial charge in [0.1, 0.15) is 39.2 Å². The number of thiazole rings is 1. The average Bonchev–Trinajstić information content (AvgIpc) is 4.24. The van der Waals surface area contributed by atoms with Crippen LogP contribution in [0.1, 0.15) is 39.8 Å². The summed E-state index contributed by atoms with van der Waals surface area (Å²) in [7, 11) is -3.80. The molecule has 29 nitrogen and oxygen atoms in total. The van der Waals surface area contributed by atoms with E-state index in [9.17, 15) is 66.5 Å². The minimum Gasteiger partial charge on any atom is -0.543 e. The van der Waals surface area contributed by atoms with Crippen LogP contribution in [0.25, 0.3) is 0 Å². The van der Waals surface area contributed by atoms with E-state index in [0.717, 1.165) is 21.1 Å². The fourth-order valence-electron chi connectivity index (χ4n) is 9.31. The molecule has 4 aromatic rings. The number of rotatable bonds is 16. The predicted molar refractivity (Wildman–Crippen MR) is 279 cm³/mol. The molecule has 33 heteroatoms. The minimum absolute atomic E-state index is 0.0265. The highest BCUT2D eigenvalue weighted by Gasteiger charge is 2.70. The van der Waals surface area contributed by atoms with Crippen molar-refractivity contribution in [3.63, 3.8) is 0 Å². The number of oxime groups is 1. The number of cyclic esters (lactones) is 1. The van der Waals surface area contributed by atoms with Gasteiger partial charge in [0.15, 0.2) is 45.7 Å². The summed E-state index contributed by atoms with van der Waals surface area (Å²) in [6.45, 7) is 8.26. The van der Waals surface area contributed by atoms with Crippen molar-refractivity contribution in [3.8, 4) is 0 Å². The van der Waals surface area contributed by atoms with Gasteiger partial charge in [-0.1, -0.05) is 16.4 Å². The second kappa shape index (κ2) is 23.8. The summed E-state index contributed by atoms with van der Waals surface area (Å²) in [5.74, 6) is -6.36. The van der Waals surface area contributed by atoms with Gasteiger partial charge in [-0.15, -0.1) is 28.2 Å². The molecule has 10 rings (SSSR count). The molecular weight excluding hydrogens is 1130 g/mol. The first-order valence-electron chi connectivity index (χ1n) is 24.6. The number of carbonyl (C=O) groups is 8. The lowest BCUT2D eigenvalue weighted by molar-refractivity contribution is -0.689. The number of halogens is 1. The van der Waals surface area contributed by atoms with Gasteiger partial charge in [0.2, 0.25) is 17.4 Å². The molecule has 3 aromatic heterocycles. The third kappa shape index (κ3) is 12.2. The minimum atomic E-state index is -3.80. The number of aromatic nitrogens is 5. The van der Waals surface area contributed by atoms with Gasteiger partial charge in [-0.3, -0.25) is 33.7 Å². The molecular formula is C48H54FN13O16S3. The number of nitrogens with one attached hydrogen (secondary N) is 2. The number of sulfone groups is 1. The van der Waals surface area contributed by atoms with Crippen molar-refractivity contribution in [2.24, 2.45) is 5.16 Å². The van der Waals surface area contributed by atoms with Crippen LogP contribution in [0.2, 0.25) is 0 Å². The first kappa shape index (κ1) is 58.8. The van der Waals surface area contributed by atoms with Crippen LogP contribution in [0, 0.1) is 5.82 Å². The molecule has 6 aliphatic rings. The monoisotopic (exact) mass is 1180 g/mol. The number of anilines is 3. The summed E-state index contributed by atoms with van der Waals surface area (Å²) in [4.78, 5) is 110. The number of carbonyl (C=O) groups excluding carboxylic acids is 6. The number of β-lactam (4-membered cyclic amide) rings is 2. The van der Waals surface area contributed by atoms with Crippen LogP contribution in [-0.4, -0.2) is 186 Å². The van der Waals surface area contributed by atoms with Crippen molar-refractivity contribution < 1.29 is 85.4 Å². The molecule has 0 saturated carbocycles. The third-order valence-electron chi connectivity index (χ3n) is 13.6. The van der Waals surface area contributed by atoms with E-state index in [4.69, 9.17) is 20.0 Å². The van der Waals surface area contributed by atoms with E-state index in [-0.39, 0.29) is 66.6 Å². The summed E-state index contributed by atoms with van der Waals surface area (Å²) in [5, 5.41) is 46.5. The lowest BCUT2D eigenvalue weighted by Gasteiger charge is -2.50. The Hall–Kier alpha value is -8.30. The Labute approximate surface area is 468 Å². The number of carboxylic acids is 3. The number of hydrogen-bond acceptors (Lipinski definition) is 22. The van der Waals surface area contributed by atoms with Crippen LogP contribution < -0.4 is 35.8 Å². The Morgan fingerprint density at radius 1 is 1.10 bits per heavy atom. The average molecular weight is 1180 g/mol. The standard InChI is InChI=1S/C22H22N6O7S2.C16H20FN3O4.C10H12N4O5S/c1-22(2,20(33)34)35-26-13(12-10-37-21(23)24-12)16(29)25-14-17(30)28-15(19(31)32)11(9-36-18(14)28)8-27-6-4-3-5-7-27;1-11(21)18-9-13-10-20(16(22)24-13)12-2-3-15(14(17)8-12)19-4-6-23-7-5-19;1-10(5-13-3-2-11-12-13)8(9(16)17)14-6(15)4-7(14)20(10,18)19/h3-7,10,14,18H,8-9H2,1-2H3,(H4-,23,24,25,29,31,32,33,34);2-3,8,13H,4-7,9-10H2,1H3,(H,18,21);2-3,7-8H,4-5H2,1H3,(H,16,17)/b26-13-;;/t14-,18-;13-;7-,8+,10+/m101/s1. The van der Waals surface area contributed by atoms with Gasteiger partial charge in [-0.2, -0.15) is 0 Å². The van der Waals surface area contributed by atoms with Crippen LogP contribution >= 0.6 is 23.1 Å². The number of amides is 5. The van der Waals surface area contributed by atoms with Gasteiger partial charge in [-0.25, -0.2) is 36.7 Å². The second-order valence-electron chi connectivity index (χ2n) is 19.5. The molecule has 6 aliphatic heterocycles. The van der Waals surface area contributed by atoms with E-state index in [1.165, 1.54) is 72.9 Å². The van der Waals surface area contributed by atoms with Crippen LogP contribution in [0.4, 0.5) is 25.7 Å². The highest BCUT2D eigenvalue weighted by Crippen LogP contribution is 2.47. The first-order chi connectivity index (χ1) is 38.3. The fourth-order valence-corrected chi connectivity index (χ4v) is 13.6. The number of nitrogens with zero attached hydrogens (tertiary/aromatic N) is 10. The smallest absolute Gasteiger partial charge is 0.414 e. The highest BCUT2D eigenvalue weighted by atomic mass is 32.2. The molecule has 0 spiro atoms. The Morgan fingerprint density at radius 3 is 2.41 bits per heavy atom. The molecule has 432 valence electrons. The maximum atomic E-state index is 14.4. The van der Waals surface area contributed by atoms with E-state index in [1.807, 2.05) is 11.0 Å². The number of aliphatic carboxylic acids is 3. The molecule has 0 unspecified atom stereocenters. The molecule has 81 heavy (non-hydrogen) atoms. The summed E-state index contributed by atoms with van der Waals surface area (Å²) in [6, 6.07) is 7.68. The van der Waals surface area contributed by atoms with Gasteiger partial charge in [-0.05, 0) is 39.0 Å². The molecule has 5 fully saturated rings. The Morgan fingerprint density at radius 2 is 1.81 bits per heavy atom. The number of carboxylic acid groups (broad SMARTS) is 3. The zero-order valence-electron chi connectivity index (χ0n) is 43.6. The maximum Gasteiger partial charge on any atom is 0.414 e. The number of pyridine rings is 1. The van der Waals surface area contributed by atoms with Gasteiger partial charge in [0, 0.05) is 55.0 Å². The SMILES string of the molecule is CC(=O)NC[C@H]1CN(c2ccc(N3CCOCC3)c(F)c2)C(=O)O1.CC(C)(O/N=C(\C(=O)N[C@@H]1C(=O)N2C(C(=O)[O-])=C(C[n+]3ccccc3)CS[C@H]12)c1csc(N)n1)C(=O)O.C[C@]1(Cn2ccnn2)[C@H](C(=O)O)N2C(=O)C[C@H]2S1(=O)=O. The lowest BCUT2D eigenvalue weighted by atomic mass is 9.96. The molecule has 0 radical (unpaired) electrons. The van der Waals surface area contributed by atoms with Crippen LogP contribution in [0.15, 0.2) is 83.0 Å². The number of ether oxygens (including phenoxy) is 2. The number of benzene rings is 1. The number of thioether (sulfide) groups is 1. The molecule has 9 heterocycles. The number of nitrogen functional groups attached to an aromatic ring is 1. The number of hydrogen-bond donors (Lipinski definition) is 5. The van der Waals surface area contributed by atoms with Crippen molar-refractivity contribution in [1.82, 2.24) is 40.4 Å². The van der Waals surface area contributed by atoms with E-state index >= 15 is 0 Å². The Bertz CT molecular complexity index is 3310. The molecule has 0 aliphatic carbocycles. The Kier molecular flexibility index (Phi) is 17.3. The van der Waals surface area contributed by atoms with Crippen molar-refractivity contribution >= 4 is 103 Å². The highest BCUT2D eigenvalue weighted by molar-refractivity contribution is 8.00. The van der Waals surface area contributed by atoms with Crippen LogP contribution in [-0.2, 0) is 70.8 Å². The van der Waals surface area contributed by atoms with E-state index in [0.29, 0.717) is 49.0 Å². The Balaban J connectivity index is 0.000000169. The number of fused-ring (bicyclic) bond motifs is 2. The van der Waals surface area contributed by atoms with Crippen LogP contribution in [0.5, 0.6) is 0 Å². The van der Waals surface area contributed by atoms with Crippen molar-refractivity contribution in [1.29, 1.82) is 0 Å². The number of morpholine rings is 1. The van der Waals surface area contributed by atoms with Gasteiger partial charge >= 0.3 is 18.0 Å². The molecule has 5 amide bonds. The van der Waals surface area contributed by atoms with E-state index in [2.05, 4.69) is 31.1 Å². The summed E-state index contributed by atoms with van der Waals surface area (Å²) < 4.78 is 51.4. The normalized spacial score (nSPS) is 23.7. The van der Waals surface area contributed by atoms with E-state index < -0.39 is 90.8 Å². The van der Waals surface area contributed by atoms with Gasteiger partial charge < -0.3 is 60.6 Å². The largest absolute Gasteiger partial charge is 0.543 e. The van der Waals surface area contributed by atoms with Crippen molar-refractivity contribution in [2.75, 3.05) is 60.7 Å². The summed E-state index contributed by atoms with van der Waals surface area (Å²) >= 11 is 2.32. The molecule has 6 atom stereocenters. The first-order valence-corrected chi connectivity index (χ1v) is 28.1. The van der Waals surface area contributed by atoms with Gasteiger partial charge in [0.05, 0.1) is 68.5 Å². The summed E-state index contributed by atoms with van der Waals surface area (Å²) in [6.07, 6.45) is 5.25. The molecule has 5 saturated heterocycles.